The SMILES string of the molecule is FC(F)(F)Cn1nnnc1SC/C=C/CSc1nnnn1CC(F)(F)F. The van der Waals surface area contributed by atoms with E-state index in [9.17, 15) is 26.3 Å². The van der Waals surface area contributed by atoms with Crippen LogP contribution in [0.15, 0.2) is 22.5 Å². The average molecular weight is 420 g/mol. The molecule has 2 aromatic rings. The molecule has 26 heavy (non-hydrogen) atoms. The highest BCUT2D eigenvalue weighted by atomic mass is 32.2. The standard InChI is InChI=1S/C10H10F6N8S2/c11-9(12,13)5-23-7(17-19-21-23)25-3-1-2-4-26-8-18-20-22-24(8)6-10(14,15)16/h1-2H,3-6H2/b2-1+. The first-order valence-electron chi connectivity index (χ1n) is 6.70. The second-order valence-electron chi connectivity index (χ2n) is 4.56. The number of hydrogen-bond acceptors (Lipinski definition) is 8. The molecule has 0 amide bonds. The number of hydrogen-bond donors (Lipinski definition) is 0. The van der Waals surface area contributed by atoms with Crippen LogP contribution in [0.2, 0.25) is 0 Å². The largest absolute Gasteiger partial charge is 0.408 e. The van der Waals surface area contributed by atoms with Crippen LogP contribution in [0.1, 0.15) is 0 Å². The van der Waals surface area contributed by atoms with Gasteiger partial charge in [0.25, 0.3) is 0 Å². The van der Waals surface area contributed by atoms with E-state index in [1.807, 2.05) is 0 Å². The van der Waals surface area contributed by atoms with E-state index in [2.05, 4.69) is 31.1 Å². The van der Waals surface area contributed by atoms with Crippen LogP contribution < -0.4 is 0 Å². The van der Waals surface area contributed by atoms with Gasteiger partial charge in [0, 0.05) is 11.5 Å². The Hall–Kier alpha value is -1.84. The van der Waals surface area contributed by atoms with Crippen LogP contribution in [0, 0.1) is 0 Å². The molecule has 0 aliphatic rings. The van der Waals surface area contributed by atoms with Gasteiger partial charge in [-0.1, -0.05) is 35.7 Å². The predicted octanol–water partition coefficient (Wildman–Crippen LogP) is 2.22. The fourth-order valence-corrected chi connectivity index (χ4v) is 2.97. The molecule has 0 atom stereocenters. The van der Waals surface area contributed by atoms with E-state index in [1.165, 1.54) is 0 Å². The quantitative estimate of drug-likeness (QED) is 0.365. The molecule has 0 N–H and O–H groups in total. The van der Waals surface area contributed by atoms with E-state index in [0.717, 1.165) is 23.5 Å². The Bertz CT molecular complexity index is 663. The maximum atomic E-state index is 12.3. The van der Waals surface area contributed by atoms with Gasteiger partial charge in [0.05, 0.1) is 0 Å². The zero-order chi connectivity index (χ0) is 19.2. The second-order valence-corrected chi connectivity index (χ2v) is 6.54. The lowest BCUT2D eigenvalue weighted by Gasteiger charge is -2.06. The molecule has 0 saturated carbocycles. The molecular formula is C10H10F6N8S2. The number of thioether (sulfide) groups is 2. The molecular weight excluding hydrogens is 410 g/mol. The number of tetrazole rings is 2. The summed E-state index contributed by atoms with van der Waals surface area (Å²) in [6, 6.07) is 0. The summed E-state index contributed by atoms with van der Waals surface area (Å²) in [5, 5.41) is 19.9. The van der Waals surface area contributed by atoms with Crippen molar-refractivity contribution < 1.29 is 26.3 Å². The third-order valence-electron chi connectivity index (χ3n) is 2.44. The molecule has 144 valence electrons. The molecule has 2 heterocycles. The third kappa shape index (κ3) is 7.19. The summed E-state index contributed by atoms with van der Waals surface area (Å²) in [6.45, 7) is -2.58. The summed E-state index contributed by atoms with van der Waals surface area (Å²) in [6.07, 6.45) is -5.61. The Balaban J connectivity index is 1.76. The topological polar surface area (TPSA) is 87.2 Å². The maximum absolute atomic E-state index is 12.3. The smallest absolute Gasteiger partial charge is 0.211 e. The molecule has 0 aliphatic carbocycles. The fourth-order valence-electron chi connectivity index (χ4n) is 1.52. The summed E-state index contributed by atoms with van der Waals surface area (Å²) in [4.78, 5) is 0. The van der Waals surface area contributed by atoms with Gasteiger partial charge in [-0.15, -0.1) is 10.2 Å². The van der Waals surface area contributed by atoms with Gasteiger partial charge in [-0.25, -0.2) is 9.36 Å². The first kappa shape index (κ1) is 20.5. The number of alkyl halides is 6. The van der Waals surface area contributed by atoms with E-state index < -0.39 is 25.4 Å². The van der Waals surface area contributed by atoms with Crippen LogP contribution in [-0.4, -0.2) is 64.3 Å². The molecule has 2 aromatic heterocycles. The predicted molar refractivity (Wildman–Crippen MR) is 78.3 cm³/mol. The van der Waals surface area contributed by atoms with Crippen molar-refractivity contribution in [2.45, 2.75) is 35.8 Å². The van der Waals surface area contributed by atoms with Crippen molar-refractivity contribution in [3.63, 3.8) is 0 Å². The van der Waals surface area contributed by atoms with Gasteiger partial charge in [-0.2, -0.15) is 26.3 Å². The number of rotatable bonds is 8. The minimum atomic E-state index is -4.43. The number of nitrogens with zero attached hydrogens (tertiary/aromatic N) is 8. The van der Waals surface area contributed by atoms with Crippen molar-refractivity contribution in [2.24, 2.45) is 0 Å². The van der Waals surface area contributed by atoms with Crippen LogP contribution in [0.25, 0.3) is 0 Å². The second kappa shape index (κ2) is 8.70. The maximum Gasteiger partial charge on any atom is 0.408 e. The van der Waals surface area contributed by atoms with Crippen molar-refractivity contribution >= 4 is 23.5 Å². The van der Waals surface area contributed by atoms with Crippen molar-refractivity contribution in [3.05, 3.63) is 12.2 Å². The van der Waals surface area contributed by atoms with E-state index in [-0.39, 0.29) is 21.8 Å². The van der Waals surface area contributed by atoms with Crippen LogP contribution in [0.5, 0.6) is 0 Å². The van der Waals surface area contributed by atoms with Gasteiger partial charge in [0.2, 0.25) is 10.3 Å². The molecule has 0 spiro atoms. The van der Waals surface area contributed by atoms with Gasteiger partial charge < -0.3 is 0 Å². The first-order valence-corrected chi connectivity index (χ1v) is 8.67. The molecule has 0 bridgehead atoms. The molecule has 0 aromatic carbocycles. The first-order chi connectivity index (χ1) is 12.1. The van der Waals surface area contributed by atoms with Gasteiger partial charge >= 0.3 is 12.4 Å². The molecule has 2 rings (SSSR count). The van der Waals surface area contributed by atoms with Gasteiger partial charge in [-0.3, -0.25) is 0 Å². The van der Waals surface area contributed by atoms with Gasteiger partial charge in [-0.05, 0) is 20.9 Å². The zero-order valence-corrected chi connectivity index (χ0v) is 14.3. The van der Waals surface area contributed by atoms with E-state index in [4.69, 9.17) is 0 Å². The highest BCUT2D eigenvalue weighted by Gasteiger charge is 2.31. The Morgan fingerprint density at radius 2 is 1.12 bits per heavy atom. The van der Waals surface area contributed by atoms with Crippen molar-refractivity contribution in [3.8, 4) is 0 Å². The summed E-state index contributed by atoms with van der Waals surface area (Å²) >= 11 is 1.98. The van der Waals surface area contributed by atoms with Crippen LogP contribution in [-0.2, 0) is 13.1 Å². The molecule has 0 aliphatic heterocycles. The minimum absolute atomic E-state index is 0.00810. The summed E-state index contributed by atoms with van der Waals surface area (Å²) < 4.78 is 75.2. The zero-order valence-electron chi connectivity index (χ0n) is 12.6. The normalized spacial score (nSPS) is 13.0. The van der Waals surface area contributed by atoms with Crippen molar-refractivity contribution in [1.82, 2.24) is 40.4 Å². The lowest BCUT2D eigenvalue weighted by atomic mass is 10.6. The van der Waals surface area contributed by atoms with Crippen molar-refractivity contribution in [1.29, 1.82) is 0 Å². The molecule has 8 nitrogen and oxygen atoms in total. The Morgan fingerprint density at radius 1 is 0.731 bits per heavy atom. The highest BCUT2D eigenvalue weighted by Crippen LogP contribution is 2.22. The Labute approximate surface area is 150 Å². The van der Waals surface area contributed by atoms with Gasteiger partial charge in [0.1, 0.15) is 13.1 Å². The summed E-state index contributed by atoms with van der Waals surface area (Å²) in [7, 11) is 0. The highest BCUT2D eigenvalue weighted by molar-refractivity contribution is 7.99. The van der Waals surface area contributed by atoms with Crippen LogP contribution in [0.4, 0.5) is 26.3 Å². The lowest BCUT2D eigenvalue weighted by molar-refractivity contribution is -0.145. The van der Waals surface area contributed by atoms with E-state index in [0.29, 0.717) is 9.36 Å². The van der Waals surface area contributed by atoms with Crippen molar-refractivity contribution in [2.75, 3.05) is 11.5 Å². The fraction of sp³-hybridized carbons (Fsp3) is 0.600. The van der Waals surface area contributed by atoms with E-state index in [1.54, 1.807) is 12.2 Å². The molecule has 0 fully saturated rings. The summed E-state index contributed by atoms with van der Waals surface area (Å²) in [5.41, 5.74) is 0. The van der Waals surface area contributed by atoms with Crippen LogP contribution >= 0.6 is 23.5 Å². The molecule has 16 heteroatoms. The minimum Gasteiger partial charge on any atom is -0.211 e. The number of halogens is 6. The van der Waals surface area contributed by atoms with Crippen LogP contribution in [0.3, 0.4) is 0 Å². The summed E-state index contributed by atoms with van der Waals surface area (Å²) in [5.74, 6) is 0.568. The van der Waals surface area contributed by atoms with E-state index >= 15 is 0 Å². The Kier molecular flexibility index (Phi) is 6.85. The lowest BCUT2D eigenvalue weighted by Crippen LogP contribution is -2.19. The molecule has 0 unspecified atom stereocenters. The molecule has 0 saturated heterocycles. The molecule has 0 radical (unpaired) electrons. The third-order valence-corrected chi connectivity index (χ3v) is 4.26. The monoisotopic (exact) mass is 420 g/mol. The Morgan fingerprint density at radius 3 is 1.46 bits per heavy atom. The number of aromatic nitrogens is 8. The average Bonchev–Trinajstić information content (AvgIpc) is 3.09. The van der Waals surface area contributed by atoms with Gasteiger partial charge in [0.15, 0.2) is 0 Å².